The van der Waals surface area contributed by atoms with Crippen molar-refractivity contribution in [1.82, 2.24) is 9.80 Å². The van der Waals surface area contributed by atoms with Crippen molar-refractivity contribution in [3.05, 3.63) is 36.4 Å². The van der Waals surface area contributed by atoms with Crippen LogP contribution in [0.3, 0.4) is 0 Å². The van der Waals surface area contributed by atoms with Crippen molar-refractivity contribution in [2.75, 3.05) is 53.0 Å². The summed E-state index contributed by atoms with van der Waals surface area (Å²) >= 11 is 0. The van der Waals surface area contributed by atoms with E-state index in [1.165, 1.54) is 0 Å². The van der Waals surface area contributed by atoms with Gasteiger partial charge in [-0.05, 0) is 18.6 Å². The molecule has 1 amide bonds. The Morgan fingerprint density at radius 3 is 2.75 bits per heavy atom. The molecule has 0 aromatic heterocycles. The van der Waals surface area contributed by atoms with Gasteiger partial charge in [-0.2, -0.15) is 0 Å². The fourth-order valence-electron chi connectivity index (χ4n) is 3.46. The lowest BCUT2D eigenvalue weighted by molar-refractivity contribution is -0.126. The van der Waals surface area contributed by atoms with E-state index in [2.05, 4.69) is 4.90 Å². The summed E-state index contributed by atoms with van der Waals surface area (Å²) in [6, 6.07) is 7.35. The van der Waals surface area contributed by atoms with E-state index in [-0.39, 0.29) is 12.0 Å². The summed E-state index contributed by atoms with van der Waals surface area (Å²) in [7, 11) is 1.61. The summed E-state index contributed by atoms with van der Waals surface area (Å²) in [4.78, 5) is 16.6. The lowest BCUT2D eigenvalue weighted by Gasteiger charge is -2.25. The molecule has 0 saturated carbocycles. The van der Waals surface area contributed by atoms with Crippen LogP contribution in [0.25, 0.3) is 0 Å². The maximum atomic E-state index is 12.5. The number of aliphatic hydroxyl groups is 1. The summed E-state index contributed by atoms with van der Waals surface area (Å²) in [5, 5.41) is 10.5. The number of amides is 1. The number of methoxy groups -OCH3 is 1. The number of rotatable bonds is 6. The van der Waals surface area contributed by atoms with E-state index < -0.39 is 6.10 Å². The molecule has 3 rings (SSSR count). The Labute approximate surface area is 166 Å². The van der Waals surface area contributed by atoms with Gasteiger partial charge in [0.15, 0.2) is 0 Å². The molecule has 0 bridgehead atoms. The number of benzene rings is 1. The van der Waals surface area contributed by atoms with Crippen LogP contribution in [0.4, 0.5) is 0 Å². The fourth-order valence-corrected chi connectivity index (χ4v) is 3.46. The average Bonchev–Trinajstić information content (AvgIpc) is 2.91. The molecule has 7 nitrogen and oxygen atoms in total. The largest absolute Gasteiger partial charge is 0.497 e. The zero-order valence-corrected chi connectivity index (χ0v) is 16.5. The minimum absolute atomic E-state index is 0.0116. The van der Waals surface area contributed by atoms with Crippen molar-refractivity contribution in [1.29, 1.82) is 0 Å². The summed E-state index contributed by atoms with van der Waals surface area (Å²) in [6.45, 7) is 5.15. The third kappa shape index (κ3) is 5.95. The second-order valence-electron chi connectivity index (χ2n) is 7.12. The molecule has 28 heavy (non-hydrogen) atoms. The zero-order valence-electron chi connectivity index (χ0n) is 16.5. The summed E-state index contributed by atoms with van der Waals surface area (Å²) < 4.78 is 16.5. The Hall–Kier alpha value is -2.09. The molecule has 1 aromatic carbocycles. The third-order valence-electron chi connectivity index (χ3n) is 5.18. The summed E-state index contributed by atoms with van der Waals surface area (Å²) in [5.41, 5.74) is 0. The molecular formula is C21H30N2O5. The van der Waals surface area contributed by atoms with Gasteiger partial charge in [-0.1, -0.05) is 12.1 Å². The van der Waals surface area contributed by atoms with Crippen molar-refractivity contribution in [3.8, 4) is 11.5 Å². The molecule has 2 saturated heterocycles. The maximum absolute atomic E-state index is 12.5. The van der Waals surface area contributed by atoms with Gasteiger partial charge >= 0.3 is 0 Å². The first-order valence-corrected chi connectivity index (χ1v) is 9.90. The van der Waals surface area contributed by atoms with Gasteiger partial charge in [-0.25, -0.2) is 0 Å². The molecule has 2 fully saturated rings. The normalized spacial score (nSPS) is 24.1. The van der Waals surface area contributed by atoms with Crippen LogP contribution in [0.2, 0.25) is 0 Å². The van der Waals surface area contributed by atoms with Crippen LogP contribution in [0.5, 0.6) is 11.5 Å². The van der Waals surface area contributed by atoms with Crippen LogP contribution in [0.15, 0.2) is 36.4 Å². The van der Waals surface area contributed by atoms with E-state index in [4.69, 9.17) is 14.2 Å². The van der Waals surface area contributed by atoms with Gasteiger partial charge < -0.3 is 24.2 Å². The first-order valence-electron chi connectivity index (χ1n) is 9.90. The van der Waals surface area contributed by atoms with Crippen LogP contribution in [-0.2, 0) is 9.53 Å². The minimum Gasteiger partial charge on any atom is -0.497 e. The topological polar surface area (TPSA) is 71.5 Å². The molecule has 154 valence electrons. The molecule has 0 spiro atoms. The molecule has 0 unspecified atom stereocenters. The van der Waals surface area contributed by atoms with E-state index in [1.807, 2.05) is 24.3 Å². The maximum Gasteiger partial charge on any atom is 0.246 e. The van der Waals surface area contributed by atoms with E-state index in [0.717, 1.165) is 32.8 Å². The SMILES string of the molecule is COc1cccc(O[C@H]2CCN(C(=O)C=CCN3CCOCC3)CC[C@@H]2O)c1. The number of nitrogens with zero attached hydrogens (tertiary/aromatic N) is 2. The van der Waals surface area contributed by atoms with Crippen LogP contribution >= 0.6 is 0 Å². The van der Waals surface area contributed by atoms with Gasteiger partial charge in [0, 0.05) is 51.3 Å². The smallest absolute Gasteiger partial charge is 0.246 e. The molecule has 2 heterocycles. The number of hydrogen-bond acceptors (Lipinski definition) is 6. The third-order valence-corrected chi connectivity index (χ3v) is 5.18. The Morgan fingerprint density at radius 2 is 1.96 bits per heavy atom. The van der Waals surface area contributed by atoms with Crippen LogP contribution in [-0.4, -0.2) is 86.1 Å². The van der Waals surface area contributed by atoms with Crippen molar-refractivity contribution < 1.29 is 24.1 Å². The highest BCUT2D eigenvalue weighted by Crippen LogP contribution is 2.23. The van der Waals surface area contributed by atoms with Gasteiger partial charge in [0.1, 0.15) is 17.6 Å². The van der Waals surface area contributed by atoms with Gasteiger partial charge in [0.05, 0.1) is 26.4 Å². The lowest BCUT2D eigenvalue weighted by atomic mass is 10.1. The fraction of sp³-hybridized carbons (Fsp3) is 0.571. The van der Waals surface area contributed by atoms with Gasteiger partial charge in [-0.15, -0.1) is 0 Å². The lowest BCUT2D eigenvalue weighted by Crippen LogP contribution is -2.36. The Balaban J connectivity index is 1.50. The molecule has 2 atom stereocenters. The number of hydrogen-bond donors (Lipinski definition) is 1. The molecule has 7 heteroatoms. The highest BCUT2D eigenvalue weighted by Gasteiger charge is 2.27. The van der Waals surface area contributed by atoms with E-state index in [0.29, 0.717) is 37.4 Å². The predicted octanol–water partition coefficient (Wildman–Crippen LogP) is 1.31. The highest BCUT2D eigenvalue weighted by molar-refractivity contribution is 5.87. The van der Waals surface area contributed by atoms with Crippen molar-refractivity contribution in [2.24, 2.45) is 0 Å². The first kappa shape index (κ1) is 20.6. The standard InChI is InChI=1S/C21H30N2O5/c1-26-17-4-2-5-18(16-17)28-20-8-11-23(10-7-19(20)24)21(25)6-3-9-22-12-14-27-15-13-22/h2-6,16,19-20,24H,7-15H2,1H3/t19-,20-/m0/s1. The second kappa shape index (κ2) is 10.5. The monoisotopic (exact) mass is 390 g/mol. The zero-order chi connectivity index (χ0) is 19.8. The van der Waals surface area contributed by atoms with Crippen LogP contribution < -0.4 is 9.47 Å². The van der Waals surface area contributed by atoms with E-state index >= 15 is 0 Å². The van der Waals surface area contributed by atoms with Crippen molar-refractivity contribution in [3.63, 3.8) is 0 Å². The van der Waals surface area contributed by atoms with E-state index in [1.54, 1.807) is 24.2 Å². The Kier molecular flexibility index (Phi) is 7.71. The predicted molar refractivity (Wildman–Crippen MR) is 106 cm³/mol. The molecule has 2 aliphatic rings. The quantitative estimate of drug-likeness (QED) is 0.739. The van der Waals surface area contributed by atoms with Gasteiger partial charge in [0.25, 0.3) is 0 Å². The van der Waals surface area contributed by atoms with Crippen LogP contribution in [0, 0.1) is 0 Å². The first-order chi connectivity index (χ1) is 13.7. The number of morpholine rings is 1. The molecule has 0 aliphatic carbocycles. The molecule has 0 radical (unpaired) electrons. The molecular weight excluding hydrogens is 360 g/mol. The Morgan fingerprint density at radius 1 is 1.21 bits per heavy atom. The van der Waals surface area contributed by atoms with Gasteiger partial charge in [-0.3, -0.25) is 9.69 Å². The van der Waals surface area contributed by atoms with E-state index in [9.17, 15) is 9.90 Å². The van der Waals surface area contributed by atoms with Crippen molar-refractivity contribution >= 4 is 5.91 Å². The average molecular weight is 390 g/mol. The van der Waals surface area contributed by atoms with Crippen molar-refractivity contribution in [2.45, 2.75) is 25.0 Å². The summed E-state index contributed by atoms with van der Waals surface area (Å²) in [5.74, 6) is 1.36. The molecule has 1 aromatic rings. The molecule has 1 N–H and O–H groups in total. The number of carbonyl (C=O) groups excluding carboxylic acids is 1. The molecule has 2 aliphatic heterocycles. The van der Waals surface area contributed by atoms with Crippen LogP contribution in [0.1, 0.15) is 12.8 Å². The highest BCUT2D eigenvalue weighted by atomic mass is 16.5. The number of carbonyl (C=O) groups is 1. The van der Waals surface area contributed by atoms with Gasteiger partial charge in [0.2, 0.25) is 5.91 Å². The number of aliphatic hydroxyl groups excluding tert-OH is 1. The number of ether oxygens (including phenoxy) is 3. The summed E-state index contributed by atoms with van der Waals surface area (Å²) in [6.07, 6.45) is 3.69. The second-order valence-corrected chi connectivity index (χ2v) is 7.12. The minimum atomic E-state index is -0.610. The Bertz CT molecular complexity index is 660. The number of likely N-dealkylation sites (tertiary alicyclic amines) is 1.